The highest BCUT2D eigenvalue weighted by Gasteiger charge is 2.33. The summed E-state index contributed by atoms with van der Waals surface area (Å²) in [5, 5.41) is 0. The first-order valence-corrected chi connectivity index (χ1v) is 5.62. The first-order chi connectivity index (χ1) is 6.43. The Balaban J connectivity index is 2.50. The highest BCUT2D eigenvalue weighted by Crippen LogP contribution is 2.39. The van der Waals surface area contributed by atoms with Crippen LogP contribution in [0, 0.1) is 11.3 Å². The maximum absolute atomic E-state index is 11.2. The molecule has 2 heteroatoms. The van der Waals surface area contributed by atoms with Gasteiger partial charge in [-0.2, -0.15) is 0 Å². The molecule has 82 valence electrons. The second kappa shape index (κ2) is 4.33. The molecule has 1 aliphatic carbocycles. The first kappa shape index (κ1) is 11.5. The van der Waals surface area contributed by atoms with Gasteiger partial charge in [0.1, 0.15) is 6.10 Å². The summed E-state index contributed by atoms with van der Waals surface area (Å²) in [5.41, 5.74) is 0.330. The summed E-state index contributed by atoms with van der Waals surface area (Å²) >= 11 is 0. The number of hydrogen-bond donors (Lipinski definition) is 0. The number of hydrogen-bond acceptors (Lipinski definition) is 2. The summed E-state index contributed by atoms with van der Waals surface area (Å²) in [6.07, 6.45) is 3.94. The first-order valence-electron chi connectivity index (χ1n) is 5.62. The number of rotatable bonds is 2. The molecule has 14 heavy (non-hydrogen) atoms. The summed E-state index contributed by atoms with van der Waals surface area (Å²) in [5.74, 6) is 0.619. The van der Waals surface area contributed by atoms with Crippen LogP contribution in [-0.2, 0) is 9.53 Å². The average Bonchev–Trinajstić information content (AvgIpc) is 1.99. The number of ether oxygens (including phenoxy) is 1. The number of carbonyl (C=O) groups excluding carboxylic acids is 1. The summed E-state index contributed by atoms with van der Waals surface area (Å²) in [6.45, 7) is 8.61. The lowest BCUT2D eigenvalue weighted by Gasteiger charge is -2.38. The topological polar surface area (TPSA) is 26.3 Å². The molecule has 0 radical (unpaired) electrons. The van der Waals surface area contributed by atoms with E-state index < -0.39 is 0 Å². The third-order valence-electron chi connectivity index (χ3n) is 2.93. The zero-order valence-electron chi connectivity index (χ0n) is 9.80. The predicted octanol–water partition coefficient (Wildman–Crippen LogP) is 3.15. The zero-order valence-corrected chi connectivity index (χ0v) is 9.80. The van der Waals surface area contributed by atoms with Crippen LogP contribution in [0.5, 0.6) is 0 Å². The molecule has 0 bridgehead atoms. The zero-order chi connectivity index (χ0) is 10.8. The molecule has 1 rings (SSSR count). The van der Waals surface area contributed by atoms with Gasteiger partial charge >= 0.3 is 5.97 Å². The molecule has 0 aromatic heterocycles. The molecule has 0 saturated heterocycles. The van der Waals surface area contributed by atoms with Crippen LogP contribution in [0.4, 0.5) is 0 Å². The van der Waals surface area contributed by atoms with Gasteiger partial charge in [0.05, 0.1) is 0 Å². The minimum Gasteiger partial charge on any atom is -0.462 e. The third kappa shape index (κ3) is 3.32. The molecule has 0 heterocycles. The molecule has 0 N–H and O–H groups in total. The van der Waals surface area contributed by atoms with Crippen LogP contribution in [0.3, 0.4) is 0 Å². The Morgan fingerprint density at radius 1 is 1.43 bits per heavy atom. The van der Waals surface area contributed by atoms with Crippen LogP contribution >= 0.6 is 0 Å². The fraction of sp³-hybridized carbons (Fsp3) is 0.917. The van der Waals surface area contributed by atoms with Crippen molar-refractivity contribution in [2.75, 3.05) is 0 Å². The van der Waals surface area contributed by atoms with E-state index in [1.54, 1.807) is 0 Å². The Kier molecular flexibility index (Phi) is 3.57. The Hall–Kier alpha value is -0.530. The minimum absolute atomic E-state index is 0.0556. The van der Waals surface area contributed by atoms with Gasteiger partial charge in [-0.25, -0.2) is 0 Å². The van der Waals surface area contributed by atoms with Crippen molar-refractivity contribution < 1.29 is 9.53 Å². The largest absolute Gasteiger partial charge is 0.462 e. The number of esters is 1. The summed E-state index contributed by atoms with van der Waals surface area (Å²) < 4.78 is 5.41. The Morgan fingerprint density at radius 2 is 2.07 bits per heavy atom. The van der Waals surface area contributed by atoms with Crippen LogP contribution in [0.1, 0.15) is 53.4 Å². The Bertz CT molecular complexity index is 208. The molecule has 0 unspecified atom stereocenters. The van der Waals surface area contributed by atoms with E-state index in [1.807, 2.05) is 6.92 Å². The van der Waals surface area contributed by atoms with E-state index >= 15 is 0 Å². The molecule has 0 aromatic rings. The van der Waals surface area contributed by atoms with E-state index in [4.69, 9.17) is 4.74 Å². The summed E-state index contributed by atoms with van der Waals surface area (Å²) in [7, 11) is 0. The normalized spacial score (nSPS) is 31.1. The Labute approximate surface area is 87.0 Å². The van der Waals surface area contributed by atoms with Gasteiger partial charge in [0.25, 0.3) is 0 Å². The second-order valence-electron chi connectivity index (χ2n) is 5.38. The van der Waals surface area contributed by atoms with E-state index in [-0.39, 0.29) is 12.1 Å². The fourth-order valence-corrected chi connectivity index (χ4v) is 2.62. The lowest BCUT2D eigenvalue weighted by Crippen LogP contribution is -2.33. The molecule has 1 aliphatic rings. The van der Waals surface area contributed by atoms with E-state index in [9.17, 15) is 4.79 Å². The SMILES string of the molecule is CCC(=O)O[C@@H]1C[C@@H](C)CC(C)(C)C1. The van der Waals surface area contributed by atoms with Crippen molar-refractivity contribution in [3.05, 3.63) is 0 Å². The molecule has 0 spiro atoms. The minimum atomic E-state index is -0.0556. The second-order valence-corrected chi connectivity index (χ2v) is 5.38. The van der Waals surface area contributed by atoms with Gasteiger partial charge in [0.2, 0.25) is 0 Å². The average molecular weight is 198 g/mol. The van der Waals surface area contributed by atoms with Crippen LogP contribution < -0.4 is 0 Å². The van der Waals surface area contributed by atoms with Crippen molar-refractivity contribution in [3.63, 3.8) is 0 Å². The molecule has 0 amide bonds. The summed E-state index contributed by atoms with van der Waals surface area (Å²) in [4.78, 5) is 11.2. The van der Waals surface area contributed by atoms with Crippen LogP contribution in [0.25, 0.3) is 0 Å². The van der Waals surface area contributed by atoms with Crippen molar-refractivity contribution >= 4 is 5.97 Å². The highest BCUT2D eigenvalue weighted by molar-refractivity contribution is 5.69. The van der Waals surface area contributed by atoms with Gasteiger partial charge < -0.3 is 4.74 Å². The van der Waals surface area contributed by atoms with E-state index in [0.717, 1.165) is 12.8 Å². The lowest BCUT2D eigenvalue weighted by atomic mass is 9.71. The van der Waals surface area contributed by atoms with Gasteiger partial charge in [-0.1, -0.05) is 27.7 Å². The highest BCUT2D eigenvalue weighted by atomic mass is 16.5. The van der Waals surface area contributed by atoms with Gasteiger partial charge in [0, 0.05) is 6.42 Å². The van der Waals surface area contributed by atoms with Crippen molar-refractivity contribution in [2.45, 2.75) is 59.5 Å². The predicted molar refractivity (Wildman–Crippen MR) is 57.0 cm³/mol. The van der Waals surface area contributed by atoms with Gasteiger partial charge in [0.15, 0.2) is 0 Å². The molecular formula is C12H22O2. The van der Waals surface area contributed by atoms with Gasteiger partial charge in [-0.15, -0.1) is 0 Å². The molecular weight excluding hydrogens is 176 g/mol. The maximum Gasteiger partial charge on any atom is 0.305 e. The number of carbonyl (C=O) groups is 1. The monoisotopic (exact) mass is 198 g/mol. The molecule has 2 nitrogen and oxygen atoms in total. The third-order valence-corrected chi connectivity index (χ3v) is 2.93. The van der Waals surface area contributed by atoms with Crippen LogP contribution in [-0.4, -0.2) is 12.1 Å². The van der Waals surface area contributed by atoms with E-state index in [0.29, 0.717) is 17.8 Å². The smallest absolute Gasteiger partial charge is 0.305 e. The summed E-state index contributed by atoms with van der Waals surface area (Å²) in [6, 6.07) is 0. The van der Waals surface area contributed by atoms with Crippen LogP contribution in [0.2, 0.25) is 0 Å². The molecule has 1 fully saturated rings. The van der Waals surface area contributed by atoms with Crippen molar-refractivity contribution in [1.82, 2.24) is 0 Å². The standard InChI is InChI=1S/C12H22O2/c1-5-11(13)14-10-6-9(2)7-12(3,4)8-10/h9-10H,5-8H2,1-4H3/t9-,10-/m1/s1. The quantitative estimate of drug-likeness (QED) is 0.637. The fourth-order valence-electron chi connectivity index (χ4n) is 2.62. The molecule has 0 aliphatic heterocycles. The van der Waals surface area contributed by atoms with Crippen LogP contribution in [0.15, 0.2) is 0 Å². The van der Waals surface area contributed by atoms with Crippen molar-refractivity contribution in [1.29, 1.82) is 0 Å². The van der Waals surface area contributed by atoms with E-state index in [1.165, 1.54) is 6.42 Å². The molecule has 2 atom stereocenters. The van der Waals surface area contributed by atoms with Gasteiger partial charge in [-0.05, 0) is 30.6 Å². The maximum atomic E-state index is 11.2. The molecule has 1 saturated carbocycles. The molecule has 0 aromatic carbocycles. The van der Waals surface area contributed by atoms with Crippen molar-refractivity contribution in [3.8, 4) is 0 Å². The lowest BCUT2D eigenvalue weighted by molar-refractivity contribution is -0.153. The van der Waals surface area contributed by atoms with E-state index in [2.05, 4.69) is 20.8 Å². The van der Waals surface area contributed by atoms with Gasteiger partial charge in [-0.3, -0.25) is 4.79 Å². The van der Waals surface area contributed by atoms with Crippen molar-refractivity contribution in [2.24, 2.45) is 11.3 Å². The Morgan fingerprint density at radius 3 is 2.57 bits per heavy atom.